The van der Waals surface area contributed by atoms with Crippen molar-refractivity contribution in [2.75, 3.05) is 11.9 Å². The second-order valence-electron chi connectivity index (χ2n) is 6.91. The maximum atomic E-state index is 12.3. The van der Waals surface area contributed by atoms with Gasteiger partial charge in [0.1, 0.15) is 0 Å². The topological polar surface area (TPSA) is 63.1 Å². The summed E-state index contributed by atoms with van der Waals surface area (Å²) in [6, 6.07) is 16.2. The van der Waals surface area contributed by atoms with Crippen LogP contribution in [-0.4, -0.2) is 22.9 Å². The molecule has 5 nitrogen and oxygen atoms in total. The summed E-state index contributed by atoms with van der Waals surface area (Å²) in [5, 5.41) is 11.8. The van der Waals surface area contributed by atoms with Crippen LogP contribution in [0.1, 0.15) is 30.1 Å². The molecule has 6 heteroatoms. The van der Waals surface area contributed by atoms with Crippen molar-refractivity contribution >= 4 is 50.6 Å². The number of nitrogens with one attached hydrogen (secondary N) is 2. The van der Waals surface area contributed by atoms with E-state index in [1.165, 1.54) is 27.8 Å². The molecule has 2 heterocycles. The van der Waals surface area contributed by atoms with Gasteiger partial charge in [-0.3, -0.25) is 9.59 Å². The van der Waals surface area contributed by atoms with E-state index in [1.54, 1.807) is 6.07 Å². The van der Waals surface area contributed by atoms with Crippen LogP contribution in [0.2, 0.25) is 0 Å². The van der Waals surface area contributed by atoms with Crippen molar-refractivity contribution in [2.24, 2.45) is 0 Å². The van der Waals surface area contributed by atoms with Crippen LogP contribution in [0.4, 0.5) is 5.69 Å². The number of nitrogens with zero attached hydrogens (tertiary/aromatic N) is 1. The van der Waals surface area contributed by atoms with Crippen molar-refractivity contribution in [3.63, 3.8) is 0 Å². The van der Waals surface area contributed by atoms with Gasteiger partial charge >= 0.3 is 0 Å². The first-order chi connectivity index (χ1) is 14.2. The van der Waals surface area contributed by atoms with E-state index < -0.39 is 0 Å². The lowest BCUT2D eigenvalue weighted by atomic mass is 10.1. The Morgan fingerprint density at radius 1 is 1.03 bits per heavy atom. The van der Waals surface area contributed by atoms with Gasteiger partial charge in [0.25, 0.3) is 5.91 Å². The first-order valence-electron chi connectivity index (χ1n) is 9.78. The third-order valence-corrected chi connectivity index (χ3v) is 5.71. The van der Waals surface area contributed by atoms with E-state index in [9.17, 15) is 9.59 Å². The molecule has 2 aromatic carbocycles. The summed E-state index contributed by atoms with van der Waals surface area (Å²) in [5.41, 5.74) is 3.83. The minimum atomic E-state index is -0.0931. The third-order valence-electron chi connectivity index (χ3n) is 5.02. The molecule has 0 spiro atoms. The fourth-order valence-corrected chi connectivity index (χ4v) is 4.28. The molecule has 0 saturated carbocycles. The minimum Gasteiger partial charge on any atom is -0.352 e. The van der Waals surface area contributed by atoms with E-state index in [1.807, 2.05) is 35.0 Å². The van der Waals surface area contributed by atoms with E-state index in [-0.39, 0.29) is 11.8 Å². The van der Waals surface area contributed by atoms with Crippen LogP contribution in [-0.2, 0) is 11.3 Å². The van der Waals surface area contributed by atoms with Crippen LogP contribution in [0.3, 0.4) is 0 Å². The maximum absolute atomic E-state index is 12.3. The minimum absolute atomic E-state index is 0.0478. The molecular formula is C23H23N3O2S. The summed E-state index contributed by atoms with van der Waals surface area (Å²) < 4.78 is 2.28. The number of para-hydroxylation sites is 1. The van der Waals surface area contributed by atoms with Crippen LogP contribution in [0.15, 0.2) is 59.3 Å². The van der Waals surface area contributed by atoms with Crippen molar-refractivity contribution in [3.8, 4) is 0 Å². The number of aromatic nitrogens is 1. The molecule has 148 valence electrons. The van der Waals surface area contributed by atoms with Gasteiger partial charge in [-0.2, -0.15) is 11.3 Å². The zero-order chi connectivity index (χ0) is 20.2. The van der Waals surface area contributed by atoms with Gasteiger partial charge in [0, 0.05) is 57.9 Å². The first-order valence-corrected chi connectivity index (χ1v) is 10.7. The van der Waals surface area contributed by atoms with Gasteiger partial charge in [-0.1, -0.05) is 18.2 Å². The average molecular weight is 406 g/mol. The molecule has 0 unspecified atom stereocenters. The highest BCUT2D eigenvalue weighted by molar-refractivity contribution is 7.08. The van der Waals surface area contributed by atoms with Crippen molar-refractivity contribution in [3.05, 3.63) is 64.9 Å². The van der Waals surface area contributed by atoms with E-state index >= 15 is 0 Å². The molecule has 0 aliphatic heterocycles. The number of hydrogen-bond acceptors (Lipinski definition) is 3. The Labute approximate surface area is 173 Å². The summed E-state index contributed by atoms with van der Waals surface area (Å²) in [4.78, 5) is 24.2. The van der Waals surface area contributed by atoms with E-state index in [0.717, 1.165) is 17.6 Å². The molecule has 29 heavy (non-hydrogen) atoms. The highest BCUT2D eigenvalue weighted by Gasteiger charge is 2.11. The van der Waals surface area contributed by atoms with Crippen LogP contribution in [0, 0.1) is 0 Å². The predicted octanol–water partition coefficient (Wildman–Crippen LogP) is 5.02. The van der Waals surface area contributed by atoms with Crippen LogP contribution < -0.4 is 10.6 Å². The Morgan fingerprint density at radius 2 is 1.86 bits per heavy atom. The SMILES string of the molecule is CCn1c2ccccc2c2cc(NC(=O)CCCNC(=O)c3ccsc3)ccc21. The largest absolute Gasteiger partial charge is 0.352 e. The smallest absolute Gasteiger partial charge is 0.252 e. The number of amides is 2. The van der Waals surface area contributed by atoms with Crippen molar-refractivity contribution in [1.82, 2.24) is 9.88 Å². The molecule has 0 fully saturated rings. The molecule has 0 radical (unpaired) electrons. The van der Waals surface area contributed by atoms with Gasteiger partial charge < -0.3 is 15.2 Å². The molecule has 0 bridgehead atoms. The van der Waals surface area contributed by atoms with Gasteiger partial charge in [0.2, 0.25) is 5.91 Å². The fraction of sp³-hybridized carbons (Fsp3) is 0.217. The Kier molecular flexibility index (Phi) is 5.62. The lowest BCUT2D eigenvalue weighted by Crippen LogP contribution is -2.25. The summed E-state index contributed by atoms with van der Waals surface area (Å²) >= 11 is 1.49. The molecule has 0 aliphatic carbocycles. The molecule has 0 saturated heterocycles. The zero-order valence-electron chi connectivity index (χ0n) is 16.3. The van der Waals surface area contributed by atoms with Crippen molar-refractivity contribution in [2.45, 2.75) is 26.3 Å². The molecule has 2 amide bonds. The summed E-state index contributed by atoms with van der Waals surface area (Å²) in [5.74, 6) is -0.141. The maximum Gasteiger partial charge on any atom is 0.252 e. The van der Waals surface area contributed by atoms with Gasteiger partial charge in [0.15, 0.2) is 0 Å². The molecule has 2 N–H and O–H groups in total. The molecule has 4 aromatic rings. The number of rotatable bonds is 7. The monoisotopic (exact) mass is 405 g/mol. The fourth-order valence-electron chi connectivity index (χ4n) is 3.64. The number of fused-ring (bicyclic) bond motifs is 3. The van der Waals surface area contributed by atoms with Gasteiger partial charge in [-0.25, -0.2) is 0 Å². The number of benzene rings is 2. The molecule has 2 aromatic heterocycles. The normalized spacial score (nSPS) is 11.1. The van der Waals surface area contributed by atoms with Crippen LogP contribution >= 0.6 is 11.3 Å². The quantitative estimate of drug-likeness (QED) is 0.424. The number of anilines is 1. The lowest BCUT2D eigenvalue weighted by Gasteiger charge is -2.07. The van der Waals surface area contributed by atoms with Crippen LogP contribution in [0.5, 0.6) is 0 Å². The molecule has 0 atom stereocenters. The molecule has 4 rings (SSSR count). The summed E-state index contributed by atoms with van der Waals surface area (Å²) in [6.45, 7) is 3.51. The Bertz CT molecular complexity index is 1160. The van der Waals surface area contributed by atoms with Gasteiger partial charge in [-0.15, -0.1) is 0 Å². The number of carbonyl (C=O) groups excluding carboxylic acids is 2. The van der Waals surface area contributed by atoms with E-state index in [2.05, 4.69) is 40.3 Å². The second-order valence-corrected chi connectivity index (χ2v) is 7.69. The van der Waals surface area contributed by atoms with E-state index in [0.29, 0.717) is 24.9 Å². The number of carbonyl (C=O) groups is 2. The van der Waals surface area contributed by atoms with Gasteiger partial charge in [0.05, 0.1) is 0 Å². The van der Waals surface area contributed by atoms with Crippen molar-refractivity contribution in [1.29, 1.82) is 0 Å². The lowest BCUT2D eigenvalue weighted by molar-refractivity contribution is -0.116. The highest BCUT2D eigenvalue weighted by Crippen LogP contribution is 2.31. The Morgan fingerprint density at radius 3 is 2.66 bits per heavy atom. The Hall–Kier alpha value is -3.12. The third kappa shape index (κ3) is 4.03. The highest BCUT2D eigenvalue weighted by atomic mass is 32.1. The molecular weight excluding hydrogens is 382 g/mol. The summed E-state index contributed by atoms with van der Waals surface area (Å²) in [6.07, 6.45) is 0.956. The van der Waals surface area contributed by atoms with Crippen molar-refractivity contribution < 1.29 is 9.59 Å². The number of aryl methyl sites for hydroxylation is 1. The average Bonchev–Trinajstić information content (AvgIpc) is 3.37. The Balaban J connectivity index is 1.38. The second kappa shape index (κ2) is 8.49. The van der Waals surface area contributed by atoms with E-state index in [4.69, 9.17) is 0 Å². The van der Waals surface area contributed by atoms with Gasteiger partial charge in [-0.05, 0) is 49.1 Å². The molecule has 0 aliphatic rings. The van der Waals surface area contributed by atoms with Crippen LogP contribution in [0.25, 0.3) is 21.8 Å². The first kappa shape index (κ1) is 19.2. The predicted molar refractivity (Wildman–Crippen MR) is 120 cm³/mol. The standard InChI is InChI=1S/C23H23N3O2S/c1-2-26-20-7-4-3-6-18(20)19-14-17(9-10-21(19)26)25-22(27)8-5-12-24-23(28)16-11-13-29-15-16/h3-4,6-7,9-11,13-15H,2,5,8,12H2,1H3,(H,24,28)(H,25,27). The number of hydrogen-bond donors (Lipinski definition) is 2. The number of thiophene rings is 1. The summed E-state index contributed by atoms with van der Waals surface area (Å²) in [7, 11) is 0. The zero-order valence-corrected chi connectivity index (χ0v) is 17.1.